The first kappa shape index (κ1) is 34.5. The first-order valence-electron chi connectivity index (χ1n) is 15.8. The Kier molecular flexibility index (Phi) is 11.3. The molecule has 0 radical (unpaired) electrons. The molecule has 1 unspecified atom stereocenters. The van der Waals surface area contributed by atoms with Gasteiger partial charge < -0.3 is 10.2 Å². The molecule has 5 rings (SSSR count). The van der Waals surface area contributed by atoms with Crippen LogP contribution in [0.1, 0.15) is 47.9 Å². The van der Waals surface area contributed by atoms with Crippen LogP contribution >= 0.6 is 23.2 Å². The minimum absolute atomic E-state index is 0.00259. The van der Waals surface area contributed by atoms with Gasteiger partial charge in [-0.25, -0.2) is 8.42 Å². The lowest BCUT2D eigenvalue weighted by molar-refractivity contribution is -0.140. The Balaban J connectivity index is 1.60. The van der Waals surface area contributed by atoms with Crippen molar-refractivity contribution in [2.24, 2.45) is 0 Å². The Bertz CT molecular complexity index is 1810. The van der Waals surface area contributed by atoms with Crippen molar-refractivity contribution in [2.45, 2.75) is 69.5 Å². The number of carbonyl (C=O) groups is 2. The summed E-state index contributed by atoms with van der Waals surface area (Å²) in [7, 11) is -4.30. The fourth-order valence-electron chi connectivity index (χ4n) is 5.92. The van der Waals surface area contributed by atoms with Crippen LogP contribution in [0.15, 0.2) is 102 Å². The second-order valence-corrected chi connectivity index (χ2v) is 14.8. The maximum absolute atomic E-state index is 14.7. The molecule has 4 aromatic rings. The maximum Gasteiger partial charge on any atom is 0.264 e. The predicted molar refractivity (Wildman–Crippen MR) is 188 cm³/mol. The van der Waals surface area contributed by atoms with Gasteiger partial charge in [0, 0.05) is 24.0 Å². The molecule has 1 aliphatic carbocycles. The zero-order valence-corrected chi connectivity index (χ0v) is 28.9. The van der Waals surface area contributed by atoms with Crippen LogP contribution in [0.5, 0.6) is 0 Å². The molecule has 0 heterocycles. The largest absolute Gasteiger partial charge is 0.352 e. The van der Waals surface area contributed by atoms with Gasteiger partial charge in [-0.15, -0.1) is 0 Å². The number of benzene rings is 4. The third-order valence-electron chi connectivity index (χ3n) is 8.64. The van der Waals surface area contributed by atoms with E-state index >= 15 is 0 Å². The summed E-state index contributed by atoms with van der Waals surface area (Å²) in [4.78, 5) is 30.4. The van der Waals surface area contributed by atoms with Crippen molar-refractivity contribution < 1.29 is 18.0 Å². The quantitative estimate of drug-likeness (QED) is 0.167. The van der Waals surface area contributed by atoms with E-state index in [0.717, 1.165) is 52.2 Å². The highest BCUT2D eigenvalue weighted by atomic mass is 35.5. The summed E-state index contributed by atoms with van der Waals surface area (Å²) >= 11 is 12.9. The first-order valence-corrected chi connectivity index (χ1v) is 18.0. The highest BCUT2D eigenvalue weighted by molar-refractivity contribution is 7.92. The van der Waals surface area contributed by atoms with Gasteiger partial charge in [-0.2, -0.15) is 0 Å². The van der Waals surface area contributed by atoms with Gasteiger partial charge in [0.15, 0.2) is 0 Å². The summed E-state index contributed by atoms with van der Waals surface area (Å²) in [5.41, 5.74) is 3.62. The maximum atomic E-state index is 14.7. The van der Waals surface area contributed by atoms with E-state index in [0.29, 0.717) is 0 Å². The van der Waals surface area contributed by atoms with Gasteiger partial charge in [0.2, 0.25) is 11.8 Å². The zero-order chi connectivity index (χ0) is 33.6. The number of aryl methyl sites for hydroxylation is 2. The van der Waals surface area contributed by atoms with Gasteiger partial charge in [-0.3, -0.25) is 13.9 Å². The van der Waals surface area contributed by atoms with Crippen LogP contribution in [-0.2, 0) is 32.6 Å². The average Bonchev–Trinajstić information content (AvgIpc) is 3.57. The van der Waals surface area contributed by atoms with Gasteiger partial charge >= 0.3 is 0 Å². The number of amides is 2. The molecule has 0 bridgehead atoms. The van der Waals surface area contributed by atoms with Crippen LogP contribution in [0.4, 0.5) is 5.69 Å². The number of rotatable bonds is 12. The lowest BCUT2D eigenvalue weighted by Crippen LogP contribution is -2.54. The van der Waals surface area contributed by atoms with Crippen LogP contribution in [0, 0.1) is 13.8 Å². The van der Waals surface area contributed by atoms with Gasteiger partial charge in [0.05, 0.1) is 15.6 Å². The normalized spacial score (nSPS) is 14.0. The van der Waals surface area contributed by atoms with Crippen molar-refractivity contribution >= 4 is 50.7 Å². The number of nitrogens with zero attached hydrogens (tertiary/aromatic N) is 2. The molecule has 1 aliphatic rings. The monoisotopic (exact) mass is 691 g/mol. The minimum atomic E-state index is -4.30. The Morgan fingerprint density at radius 1 is 0.872 bits per heavy atom. The summed E-state index contributed by atoms with van der Waals surface area (Å²) in [6.45, 7) is 3.30. The van der Waals surface area contributed by atoms with Crippen LogP contribution in [0.3, 0.4) is 0 Å². The highest BCUT2D eigenvalue weighted by Crippen LogP contribution is 2.33. The number of anilines is 1. The summed E-state index contributed by atoms with van der Waals surface area (Å²) < 4.78 is 29.5. The van der Waals surface area contributed by atoms with Gasteiger partial charge in [0.25, 0.3) is 10.0 Å². The zero-order valence-electron chi connectivity index (χ0n) is 26.5. The van der Waals surface area contributed by atoms with E-state index in [4.69, 9.17) is 23.2 Å². The van der Waals surface area contributed by atoms with E-state index in [9.17, 15) is 18.0 Å². The molecule has 0 spiro atoms. The van der Waals surface area contributed by atoms with E-state index in [1.807, 2.05) is 68.4 Å². The Hall–Kier alpha value is -3.85. The summed E-state index contributed by atoms with van der Waals surface area (Å²) in [6, 6.07) is 27.2. The van der Waals surface area contributed by atoms with Crippen molar-refractivity contribution in [3.05, 3.63) is 129 Å². The predicted octanol–water partition coefficient (Wildman–Crippen LogP) is 7.50. The van der Waals surface area contributed by atoms with E-state index in [2.05, 4.69) is 5.32 Å². The molecule has 2 amide bonds. The molecule has 47 heavy (non-hydrogen) atoms. The molecule has 1 N–H and O–H groups in total. The Morgan fingerprint density at radius 2 is 1.53 bits per heavy atom. The fourth-order valence-corrected chi connectivity index (χ4v) is 7.78. The van der Waals surface area contributed by atoms with Crippen molar-refractivity contribution in [2.75, 3.05) is 10.8 Å². The van der Waals surface area contributed by atoms with E-state index in [1.165, 1.54) is 29.2 Å². The van der Waals surface area contributed by atoms with Crippen LogP contribution in [0.2, 0.25) is 10.0 Å². The third kappa shape index (κ3) is 8.55. The molecular formula is C37H39Cl2N3O4S. The van der Waals surface area contributed by atoms with Gasteiger partial charge in [-0.1, -0.05) is 108 Å². The molecule has 4 aromatic carbocycles. The van der Waals surface area contributed by atoms with Crippen LogP contribution in [0.25, 0.3) is 0 Å². The second-order valence-electron chi connectivity index (χ2n) is 12.1. The SMILES string of the molecule is Cc1ccc(S(=O)(=O)N(CC(=O)N(Cc2ccccc2C)C(Cc2ccccc2)C(=O)NC2CCCC2)c2cc(Cl)ccc2Cl)cc1. The molecule has 1 fully saturated rings. The number of carbonyl (C=O) groups excluding carboxylic acids is 2. The second kappa shape index (κ2) is 15.4. The highest BCUT2D eigenvalue weighted by Gasteiger charge is 2.36. The molecule has 0 aromatic heterocycles. The van der Waals surface area contributed by atoms with Crippen molar-refractivity contribution in [3.63, 3.8) is 0 Å². The summed E-state index contributed by atoms with van der Waals surface area (Å²) in [5, 5.41) is 3.57. The van der Waals surface area contributed by atoms with E-state index < -0.39 is 28.5 Å². The van der Waals surface area contributed by atoms with Crippen molar-refractivity contribution in [1.82, 2.24) is 10.2 Å². The number of hydrogen-bond donors (Lipinski definition) is 1. The lowest BCUT2D eigenvalue weighted by Gasteiger charge is -2.35. The van der Waals surface area contributed by atoms with Gasteiger partial charge in [0.1, 0.15) is 12.6 Å². The molecule has 1 saturated carbocycles. The standard InChI is InChI=1S/C37H39Cl2N3O4S/c1-26-16-19-32(20-17-26)47(45,46)42(34-23-30(38)18-21-33(34)39)25-36(43)41(24-29-13-7-6-10-27(29)2)35(22-28-11-4-3-5-12-28)37(44)40-31-14-8-9-15-31/h3-7,10-13,16-21,23,31,35H,8-9,14-15,22,24-25H2,1-2H3,(H,40,44). The molecule has 246 valence electrons. The summed E-state index contributed by atoms with van der Waals surface area (Å²) in [6.07, 6.45) is 4.08. The van der Waals surface area contributed by atoms with E-state index in [-0.39, 0.29) is 45.5 Å². The van der Waals surface area contributed by atoms with Crippen molar-refractivity contribution in [1.29, 1.82) is 0 Å². The van der Waals surface area contributed by atoms with Crippen LogP contribution in [-0.4, -0.2) is 43.8 Å². The third-order valence-corrected chi connectivity index (χ3v) is 11.0. The molecule has 10 heteroatoms. The van der Waals surface area contributed by atoms with Crippen LogP contribution < -0.4 is 9.62 Å². The Labute approximate surface area is 287 Å². The number of nitrogens with one attached hydrogen (secondary N) is 1. The van der Waals surface area contributed by atoms with Crippen molar-refractivity contribution in [3.8, 4) is 0 Å². The molecule has 1 atom stereocenters. The topological polar surface area (TPSA) is 86.8 Å². The number of halogens is 2. The fraction of sp³-hybridized carbons (Fsp3) is 0.297. The smallest absolute Gasteiger partial charge is 0.264 e. The molecular weight excluding hydrogens is 653 g/mol. The Morgan fingerprint density at radius 3 is 2.21 bits per heavy atom. The first-order chi connectivity index (χ1) is 22.5. The molecule has 0 aliphatic heterocycles. The average molecular weight is 693 g/mol. The van der Waals surface area contributed by atoms with E-state index in [1.54, 1.807) is 18.2 Å². The van der Waals surface area contributed by atoms with Gasteiger partial charge in [-0.05, 0) is 73.7 Å². The number of sulfonamides is 1. The minimum Gasteiger partial charge on any atom is -0.352 e. The molecule has 0 saturated heterocycles. The number of hydrogen-bond acceptors (Lipinski definition) is 4. The summed E-state index contributed by atoms with van der Waals surface area (Å²) in [5.74, 6) is -0.820. The lowest BCUT2D eigenvalue weighted by atomic mass is 10.0. The molecule has 7 nitrogen and oxygen atoms in total.